The third-order valence-corrected chi connectivity index (χ3v) is 5.00. The summed E-state index contributed by atoms with van der Waals surface area (Å²) in [6.45, 7) is 4.81. The molecule has 2 aliphatic rings. The van der Waals surface area contributed by atoms with E-state index in [1.165, 1.54) is 6.92 Å². The van der Waals surface area contributed by atoms with Crippen molar-refractivity contribution in [3.8, 4) is 0 Å². The molecule has 4 rings (SSSR count). The molecule has 2 aromatic rings. The summed E-state index contributed by atoms with van der Waals surface area (Å²) in [6.07, 6.45) is 0. The minimum Gasteiger partial charge on any atom is -0.274 e. The lowest BCUT2D eigenvalue weighted by Gasteiger charge is -2.18. The first kappa shape index (κ1) is 16.2. The maximum atomic E-state index is 12.7. The van der Waals surface area contributed by atoms with Gasteiger partial charge in [-0.15, -0.1) is 0 Å². The van der Waals surface area contributed by atoms with Gasteiger partial charge in [0.25, 0.3) is 11.8 Å². The molecule has 0 bridgehead atoms. The van der Waals surface area contributed by atoms with Crippen LogP contribution in [0.1, 0.15) is 47.1 Å². The number of rotatable bonds is 1. The van der Waals surface area contributed by atoms with Gasteiger partial charge in [0.1, 0.15) is 0 Å². The summed E-state index contributed by atoms with van der Waals surface area (Å²) >= 11 is 0. The van der Waals surface area contributed by atoms with Crippen molar-refractivity contribution in [2.75, 3.05) is 9.80 Å². The lowest BCUT2D eigenvalue weighted by molar-refractivity contribution is -0.127. The van der Waals surface area contributed by atoms with Crippen molar-refractivity contribution in [3.05, 3.63) is 59.2 Å². The Morgan fingerprint density at radius 2 is 1.50 bits per heavy atom. The molecule has 0 aliphatic carbocycles. The van der Waals surface area contributed by atoms with Crippen molar-refractivity contribution in [1.82, 2.24) is 0 Å². The van der Waals surface area contributed by atoms with Gasteiger partial charge in [-0.25, -0.2) is 9.80 Å². The van der Waals surface area contributed by atoms with Gasteiger partial charge in [0.15, 0.2) is 0 Å². The molecule has 0 atom stereocenters. The molecule has 6 nitrogen and oxygen atoms in total. The van der Waals surface area contributed by atoms with E-state index < -0.39 is 23.1 Å². The second kappa shape index (κ2) is 5.11. The molecule has 2 heterocycles. The summed E-state index contributed by atoms with van der Waals surface area (Å²) in [6, 6.07) is 11.5. The average Bonchev–Trinajstić information content (AvgIpc) is 2.97. The van der Waals surface area contributed by atoms with E-state index in [1.54, 1.807) is 56.3 Å². The molecule has 0 radical (unpaired) electrons. The topological polar surface area (TPSA) is 74.8 Å². The van der Waals surface area contributed by atoms with Crippen LogP contribution >= 0.6 is 0 Å². The summed E-state index contributed by atoms with van der Waals surface area (Å²) in [7, 11) is 0. The minimum atomic E-state index is -0.846. The van der Waals surface area contributed by atoms with Crippen LogP contribution in [0.15, 0.2) is 42.5 Å². The van der Waals surface area contributed by atoms with Crippen molar-refractivity contribution < 1.29 is 19.2 Å². The standard InChI is InChI=1S/C20H16N2O4/c1-11(23)21-16-10-12(8-9-15(16)20(2,3)19(21)26)22-17(24)13-6-4-5-7-14(13)18(22)25/h4-10H,1-3H3. The quantitative estimate of drug-likeness (QED) is 0.743. The van der Waals surface area contributed by atoms with Crippen molar-refractivity contribution in [3.63, 3.8) is 0 Å². The molecule has 2 aromatic carbocycles. The van der Waals surface area contributed by atoms with Gasteiger partial charge in [0, 0.05) is 6.92 Å². The van der Waals surface area contributed by atoms with Gasteiger partial charge in [-0.2, -0.15) is 0 Å². The summed E-state index contributed by atoms with van der Waals surface area (Å²) in [5.74, 6) is -1.55. The monoisotopic (exact) mass is 348 g/mol. The van der Waals surface area contributed by atoms with Crippen molar-refractivity contribution in [2.24, 2.45) is 0 Å². The van der Waals surface area contributed by atoms with Gasteiger partial charge in [-0.05, 0) is 43.7 Å². The Kier molecular flexibility index (Phi) is 3.18. The predicted octanol–water partition coefficient (Wildman–Crippen LogP) is 2.66. The lowest BCUT2D eigenvalue weighted by atomic mass is 9.86. The number of imide groups is 2. The van der Waals surface area contributed by atoms with E-state index in [4.69, 9.17) is 0 Å². The fourth-order valence-electron chi connectivity index (χ4n) is 3.61. The Morgan fingerprint density at radius 3 is 2.04 bits per heavy atom. The van der Waals surface area contributed by atoms with Crippen molar-refractivity contribution in [1.29, 1.82) is 0 Å². The highest BCUT2D eigenvalue weighted by Crippen LogP contribution is 2.44. The summed E-state index contributed by atoms with van der Waals surface area (Å²) in [4.78, 5) is 52.2. The zero-order chi connectivity index (χ0) is 18.8. The van der Waals surface area contributed by atoms with E-state index in [0.29, 0.717) is 28.1 Å². The zero-order valence-corrected chi connectivity index (χ0v) is 14.6. The van der Waals surface area contributed by atoms with Gasteiger partial charge >= 0.3 is 0 Å². The Hall–Kier alpha value is -3.28. The normalized spacial score (nSPS) is 17.6. The predicted molar refractivity (Wildman–Crippen MR) is 95.2 cm³/mol. The fraction of sp³-hybridized carbons (Fsp3) is 0.200. The average molecular weight is 348 g/mol. The number of hydrogen-bond donors (Lipinski definition) is 0. The number of hydrogen-bond acceptors (Lipinski definition) is 4. The Bertz CT molecular complexity index is 987. The summed E-state index contributed by atoms with van der Waals surface area (Å²) in [5, 5.41) is 0. The van der Waals surface area contributed by atoms with Gasteiger partial charge in [-0.1, -0.05) is 18.2 Å². The van der Waals surface area contributed by atoms with E-state index >= 15 is 0 Å². The Balaban J connectivity index is 1.85. The molecule has 0 unspecified atom stereocenters. The molecule has 0 spiro atoms. The maximum Gasteiger partial charge on any atom is 0.266 e. The first-order chi connectivity index (χ1) is 12.2. The first-order valence-electron chi connectivity index (χ1n) is 8.22. The highest BCUT2D eigenvalue weighted by atomic mass is 16.2. The molecule has 0 saturated carbocycles. The Morgan fingerprint density at radius 1 is 0.923 bits per heavy atom. The molecule has 4 amide bonds. The third kappa shape index (κ3) is 1.92. The van der Waals surface area contributed by atoms with Crippen molar-refractivity contribution in [2.45, 2.75) is 26.2 Å². The number of carbonyl (C=O) groups excluding carboxylic acids is 4. The van der Waals surface area contributed by atoms with Crippen LogP contribution in [0.3, 0.4) is 0 Å². The zero-order valence-electron chi connectivity index (χ0n) is 14.6. The number of fused-ring (bicyclic) bond motifs is 2. The molecule has 130 valence electrons. The maximum absolute atomic E-state index is 12.7. The highest BCUT2D eigenvalue weighted by molar-refractivity contribution is 6.34. The van der Waals surface area contributed by atoms with E-state index in [1.807, 2.05) is 0 Å². The van der Waals surface area contributed by atoms with Gasteiger partial charge < -0.3 is 0 Å². The van der Waals surface area contributed by atoms with Crippen LogP contribution in [-0.4, -0.2) is 23.6 Å². The number of anilines is 2. The number of benzene rings is 2. The highest BCUT2D eigenvalue weighted by Gasteiger charge is 2.46. The molecule has 26 heavy (non-hydrogen) atoms. The van der Waals surface area contributed by atoms with Crippen LogP contribution in [0, 0.1) is 0 Å². The third-order valence-electron chi connectivity index (χ3n) is 5.00. The number of carbonyl (C=O) groups is 4. The molecule has 0 fully saturated rings. The second-order valence-electron chi connectivity index (χ2n) is 6.98. The largest absolute Gasteiger partial charge is 0.274 e. The number of nitrogens with zero attached hydrogens (tertiary/aromatic N) is 2. The van der Waals surface area contributed by atoms with Gasteiger partial charge in [0.05, 0.1) is 27.9 Å². The summed E-state index contributed by atoms with van der Waals surface area (Å²) in [5.41, 5.74) is 1.30. The van der Waals surface area contributed by atoms with Crippen LogP contribution in [0.4, 0.5) is 11.4 Å². The van der Waals surface area contributed by atoms with Gasteiger partial charge in [0.2, 0.25) is 11.8 Å². The smallest absolute Gasteiger partial charge is 0.266 e. The first-order valence-corrected chi connectivity index (χ1v) is 8.22. The Labute approximate surface area is 150 Å². The van der Waals surface area contributed by atoms with Crippen LogP contribution in [0.5, 0.6) is 0 Å². The molecule has 0 N–H and O–H groups in total. The van der Waals surface area contributed by atoms with Crippen LogP contribution in [0.2, 0.25) is 0 Å². The van der Waals surface area contributed by atoms with Crippen LogP contribution < -0.4 is 9.80 Å². The summed E-state index contributed by atoms with van der Waals surface area (Å²) < 4.78 is 0. The van der Waals surface area contributed by atoms with Crippen LogP contribution in [0.25, 0.3) is 0 Å². The van der Waals surface area contributed by atoms with Gasteiger partial charge in [-0.3, -0.25) is 19.2 Å². The number of amides is 4. The lowest BCUT2D eigenvalue weighted by Crippen LogP contribution is -2.39. The molecular formula is C20H16N2O4. The van der Waals surface area contributed by atoms with Crippen LogP contribution in [-0.2, 0) is 15.0 Å². The van der Waals surface area contributed by atoms with E-state index in [-0.39, 0.29) is 5.91 Å². The molecule has 0 saturated heterocycles. The fourth-order valence-corrected chi connectivity index (χ4v) is 3.61. The van der Waals surface area contributed by atoms with E-state index in [2.05, 4.69) is 0 Å². The SMILES string of the molecule is CC(=O)N1C(=O)C(C)(C)c2ccc(N3C(=O)c4ccccc4C3=O)cc21. The minimum absolute atomic E-state index is 0.320. The molecular weight excluding hydrogens is 332 g/mol. The van der Waals surface area contributed by atoms with E-state index in [0.717, 1.165) is 9.80 Å². The van der Waals surface area contributed by atoms with E-state index in [9.17, 15) is 19.2 Å². The molecule has 6 heteroatoms. The van der Waals surface area contributed by atoms with Crippen molar-refractivity contribution >= 4 is 35.0 Å². The molecule has 2 aliphatic heterocycles. The molecule has 0 aromatic heterocycles. The second-order valence-corrected chi connectivity index (χ2v) is 6.98.